The Morgan fingerprint density at radius 2 is 2.06 bits per heavy atom. The summed E-state index contributed by atoms with van der Waals surface area (Å²) in [7, 11) is 3.78. The van der Waals surface area contributed by atoms with Crippen LogP contribution in [0.4, 0.5) is 0 Å². The highest BCUT2D eigenvalue weighted by Crippen LogP contribution is 2.22. The van der Waals surface area contributed by atoms with Crippen molar-refractivity contribution in [1.29, 1.82) is 0 Å². The van der Waals surface area contributed by atoms with Gasteiger partial charge >= 0.3 is 0 Å². The first-order valence-electron chi connectivity index (χ1n) is 6.49. The van der Waals surface area contributed by atoms with Gasteiger partial charge in [0, 0.05) is 11.8 Å². The first-order chi connectivity index (χ1) is 8.56. The molecule has 1 atom stereocenters. The summed E-state index contributed by atoms with van der Waals surface area (Å²) < 4.78 is 5.44. The fourth-order valence-electron chi connectivity index (χ4n) is 1.89. The Hall–Kier alpha value is -0.670. The largest absolute Gasteiger partial charge is 0.496 e. The Morgan fingerprint density at radius 3 is 2.61 bits per heavy atom. The predicted molar refractivity (Wildman–Crippen MR) is 81.9 cm³/mol. The van der Waals surface area contributed by atoms with Gasteiger partial charge in [0.1, 0.15) is 5.75 Å². The zero-order chi connectivity index (χ0) is 13.5. The van der Waals surface area contributed by atoms with Crippen molar-refractivity contribution < 1.29 is 4.74 Å². The van der Waals surface area contributed by atoms with Crippen molar-refractivity contribution in [3.8, 4) is 5.75 Å². The van der Waals surface area contributed by atoms with E-state index in [0.717, 1.165) is 17.9 Å². The Morgan fingerprint density at radius 1 is 1.33 bits per heavy atom. The minimum Gasteiger partial charge on any atom is -0.496 e. The highest BCUT2D eigenvalue weighted by Gasteiger charge is 2.12. The van der Waals surface area contributed by atoms with E-state index in [-0.39, 0.29) is 0 Å². The average molecular weight is 267 g/mol. The third kappa shape index (κ3) is 4.91. The number of rotatable bonds is 7. The molecule has 3 heteroatoms. The summed E-state index contributed by atoms with van der Waals surface area (Å²) in [6, 6.07) is 6.88. The van der Waals surface area contributed by atoms with Crippen LogP contribution in [0, 0.1) is 6.92 Å². The fraction of sp³-hybridized carbons (Fsp3) is 0.600. The maximum Gasteiger partial charge on any atom is 0.122 e. The zero-order valence-electron chi connectivity index (χ0n) is 12.1. The Bertz CT molecular complexity index is 366. The highest BCUT2D eigenvalue weighted by molar-refractivity contribution is 7.99. The number of thioether (sulfide) groups is 1. The number of likely N-dealkylation sites (N-methyl/N-ethyl adjacent to an activating group) is 1. The van der Waals surface area contributed by atoms with Gasteiger partial charge in [-0.15, -0.1) is 0 Å². The maximum atomic E-state index is 5.44. The van der Waals surface area contributed by atoms with Crippen LogP contribution in [0.15, 0.2) is 18.2 Å². The second-order valence-corrected chi connectivity index (χ2v) is 6.50. The van der Waals surface area contributed by atoms with Crippen molar-refractivity contribution in [2.24, 2.45) is 0 Å². The number of ether oxygens (including phenoxy) is 1. The van der Waals surface area contributed by atoms with Crippen LogP contribution in [-0.4, -0.2) is 31.2 Å². The van der Waals surface area contributed by atoms with Crippen LogP contribution in [0.5, 0.6) is 5.75 Å². The Kier molecular flexibility index (Phi) is 6.58. The summed E-state index contributed by atoms with van der Waals surface area (Å²) in [6.07, 6.45) is 1.01. The van der Waals surface area contributed by atoms with Crippen molar-refractivity contribution in [2.75, 3.05) is 19.9 Å². The summed E-state index contributed by atoms with van der Waals surface area (Å²) in [5, 5.41) is 4.08. The van der Waals surface area contributed by atoms with Crippen LogP contribution in [0.1, 0.15) is 25.0 Å². The smallest absolute Gasteiger partial charge is 0.122 e. The standard InChI is InChI=1S/C15H25NOS/c1-11(2)18-10-14(16-4)9-13-8-12(3)6-7-15(13)17-5/h6-8,11,14,16H,9-10H2,1-5H3. The van der Waals surface area contributed by atoms with Crippen molar-refractivity contribution in [2.45, 2.75) is 38.5 Å². The van der Waals surface area contributed by atoms with Gasteiger partial charge in [0.2, 0.25) is 0 Å². The molecule has 0 fully saturated rings. The van der Waals surface area contributed by atoms with Gasteiger partial charge in [-0.3, -0.25) is 0 Å². The van der Waals surface area contributed by atoms with Gasteiger partial charge in [-0.05, 0) is 37.3 Å². The molecule has 0 aliphatic heterocycles. The molecule has 0 amide bonds. The molecule has 0 spiro atoms. The number of benzene rings is 1. The summed E-state index contributed by atoms with van der Waals surface area (Å²) in [6.45, 7) is 6.61. The third-order valence-corrected chi connectivity index (χ3v) is 4.20. The average Bonchev–Trinajstić information content (AvgIpc) is 2.34. The number of aryl methyl sites for hydroxylation is 1. The lowest BCUT2D eigenvalue weighted by Gasteiger charge is -2.19. The molecule has 1 rings (SSSR count). The lowest BCUT2D eigenvalue weighted by Crippen LogP contribution is -2.30. The van der Waals surface area contributed by atoms with Crippen LogP contribution in [-0.2, 0) is 6.42 Å². The summed E-state index contributed by atoms with van der Waals surface area (Å²) in [5.41, 5.74) is 2.58. The van der Waals surface area contributed by atoms with Crippen molar-refractivity contribution in [3.63, 3.8) is 0 Å². The van der Waals surface area contributed by atoms with Crippen LogP contribution in [0.3, 0.4) is 0 Å². The van der Waals surface area contributed by atoms with Gasteiger partial charge in [-0.2, -0.15) is 11.8 Å². The molecule has 1 unspecified atom stereocenters. The SMILES string of the molecule is CNC(CSC(C)C)Cc1cc(C)ccc1OC. The van der Waals surface area contributed by atoms with E-state index in [4.69, 9.17) is 4.74 Å². The molecule has 0 heterocycles. The molecule has 1 aromatic rings. The van der Waals surface area contributed by atoms with E-state index in [0.29, 0.717) is 11.3 Å². The minimum atomic E-state index is 0.494. The van der Waals surface area contributed by atoms with Crippen molar-refractivity contribution in [1.82, 2.24) is 5.32 Å². The maximum absolute atomic E-state index is 5.44. The summed E-state index contributed by atoms with van der Waals surface area (Å²) in [4.78, 5) is 0. The topological polar surface area (TPSA) is 21.3 Å². The Labute approximate surface area is 116 Å². The van der Waals surface area contributed by atoms with Gasteiger partial charge in [-0.1, -0.05) is 31.5 Å². The molecule has 0 saturated heterocycles. The summed E-state index contributed by atoms with van der Waals surface area (Å²) in [5.74, 6) is 2.13. The van der Waals surface area contributed by atoms with E-state index in [1.165, 1.54) is 11.1 Å². The predicted octanol–water partition coefficient (Wildman–Crippen LogP) is 3.28. The second-order valence-electron chi connectivity index (χ2n) is 4.89. The number of nitrogens with one attached hydrogen (secondary N) is 1. The molecule has 0 saturated carbocycles. The molecular formula is C15H25NOS. The highest BCUT2D eigenvalue weighted by atomic mass is 32.2. The van der Waals surface area contributed by atoms with Gasteiger partial charge in [-0.25, -0.2) is 0 Å². The van der Waals surface area contributed by atoms with Crippen LogP contribution in [0.2, 0.25) is 0 Å². The van der Waals surface area contributed by atoms with E-state index in [2.05, 4.69) is 44.3 Å². The molecule has 0 aliphatic carbocycles. The monoisotopic (exact) mass is 267 g/mol. The van der Waals surface area contributed by atoms with Gasteiger partial charge in [0.05, 0.1) is 7.11 Å². The molecule has 0 aliphatic rings. The van der Waals surface area contributed by atoms with E-state index in [1.54, 1.807) is 7.11 Å². The molecule has 2 nitrogen and oxygen atoms in total. The molecule has 0 aromatic heterocycles. The molecule has 0 radical (unpaired) electrons. The molecule has 1 aromatic carbocycles. The number of hydrogen-bond donors (Lipinski definition) is 1. The van der Waals surface area contributed by atoms with E-state index >= 15 is 0 Å². The number of methoxy groups -OCH3 is 1. The van der Waals surface area contributed by atoms with Gasteiger partial charge in [0.25, 0.3) is 0 Å². The lowest BCUT2D eigenvalue weighted by atomic mass is 10.0. The first-order valence-corrected chi connectivity index (χ1v) is 7.54. The van der Waals surface area contributed by atoms with Crippen LogP contribution in [0.25, 0.3) is 0 Å². The molecule has 0 bridgehead atoms. The van der Waals surface area contributed by atoms with Gasteiger partial charge in [0.15, 0.2) is 0 Å². The van der Waals surface area contributed by atoms with E-state index in [1.807, 2.05) is 18.8 Å². The van der Waals surface area contributed by atoms with Crippen molar-refractivity contribution in [3.05, 3.63) is 29.3 Å². The van der Waals surface area contributed by atoms with E-state index < -0.39 is 0 Å². The van der Waals surface area contributed by atoms with E-state index in [9.17, 15) is 0 Å². The zero-order valence-corrected chi connectivity index (χ0v) is 12.9. The molecule has 18 heavy (non-hydrogen) atoms. The van der Waals surface area contributed by atoms with Crippen molar-refractivity contribution >= 4 is 11.8 Å². The molecule has 1 N–H and O–H groups in total. The Balaban J connectivity index is 2.71. The van der Waals surface area contributed by atoms with Gasteiger partial charge < -0.3 is 10.1 Å². The quantitative estimate of drug-likeness (QED) is 0.819. The van der Waals surface area contributed by atoms with Crippen LogP contribution >= 0.6 is 11.8 Å². The molecule has 102 valence electrons. The number of hydrogen-bond acceptors (Lipinski definition) is 3. The first kappa shape index (κ1) is 15.4. The minimum absolute atomic E-state index is 0.494. The second kappa shape index (κ2) is 7.70. The van der Waals surface area contributed by atoms with Crippen LogP contribution < -0.4 is 10.1 Å². The third-order valence-electron chi connectivity index (χ3n) is 2.94. The summed E-state index contributed by atoms with van der Waals surface area (Å²) >= 11 is 2.00. The normalized spacial score (nSPS) is 12.8. The molecular weight excluding hydrogens is 242 g/mol. The fourth-order valence-corrected chi connectivity index (χ4v) is 2.79. The lowest BCUT2D eigenvalue weighted by molar-refractivity contribution is 0.407.